The zero-order valence-corrected chi connectivity index (χ0v) is 22.3. The third kappa shape index (κ3) is 6.06. The molecule has 2 aromatic rings. The van der Waals surface area contributed by atoms with Crippen molar-refractivity contribution in [3.05, 3.63) is 69.8 Å². The van der Waals surface area contributed by atoms with Crippen LogP contribution in [0.5, 0.6) is 0 Å². The lowest BCUT2D eigenvalue weighted by atomic mass is 9.77. The van der Waals surface area contributed by atoms with Crippen molar-refractivity contribution in [3.63, 3.8) is 0 Å². The van der Waals surface area contributed by atoms with Gasteiger partial charge >= 0.3 is 12.5 Å². The first-order valence-corrected chi connectivity index (χ1v) is 13.5. The number of halogens is 9. The molecule has 5 rings (SSSR count). The summed E-state index contributed by atoms with van der Waals surface area (Å²) in [5.41, 5.74) is -3.27. The van der Waals surface area contributed by atoms with Gasteiger partial charge in [0.1, 0.15) is 34.4 Å². The molecule has 4 nitrogen and oxygen atoms in total. The number of hydrogen-bond acceptors (Lipinski definition) is 4. The number of rotatable bonds is 8. The van der Waals surface area contributed by atoms with Gasteiger partial charge < -0.3 is 14.2 Å². The highest BCUT2D eigenvalue weighted by Crippen LogP contribution is 2.52. The molecule has 0 N–H and O–H groups in total. The molecule has 0 amide bonds. The molecule has 2 aromatic carbocycles. The number of ether oxygens (including phenoxy) is 4. The smallest absolute Gasteiger partial charge is 0.324 e. The van der Waals surface area contributed by atoms with Crippen LogP contribution in [0.15, 0.2) is 24.3 Å². The summed E-state index contributed by atoms with van der Waals surface area (Å²) < 4.78 is 143. The van der Waals surface area contributed by atoms with Gasteiger partial charge in [0.25, 0.3) is 5.97 Å². The predicted octanol–water partition coefficient (Wildman–Crippen LogP) is 8.54. The van der Waals surface area contributed by atoms with Crippen LogP contribution in [0, 0.1) is 29.2 Å². The SMILES string of the molecule is CCCC12COC(C3CCC(c4cc(F)c(/C=C/c5cc(F)c(C(F)(F)OC(F)(F)F)c(F)c5)c(F)c4)CC3)(OC1)O2. The first-order chi connectivity index (χ1) is 19.7. The van der Waals surface area contributed by atoms with Gasteiger partial charge in [-0.05, 0) is 79.5 Å². The van der Waals surface area contributed by atoms with E-state index in [2.05, 4.69) is 11.7 Å². The van der Waals surface area contributed by atoms with Crippen LogP contribution >= 0.6 is 0 Å². The Bertz CT molecular complexity index is 1300. The molecule has 0 aromatic heterocycles. The zero-order chi connectivity index (χ0) is 30.5. The monoisotopic (exact) mass is 610 g/mol. The summed E-state index contributed by atoms with van der Waals surface area (Å²) >= 11 is 0. The normalized spacial score (nSPS) is 28.2. The molecule has 2 saturated heterocycles. The second-order valence-corrected chi connectivity index (χ2v) is 10.9. The molecule has 0 atom stereocenters. The van der Waals surface area contributed by atoms with E-state index in [9.17, 15) is 39.5 Å². The van der Waals surface area contributed by atoms with Crippen LogP contribution < -0.4 is 0 Å². The van der Waals surface area contributed by atoms with E-state index in [1.54, 1.807) is 0 Å². The van der Waals surface area contributed by atoms with E-state index in [1.165, 1.54) is 0 Å². The molecule has 3 aliphatic rings. The number of fused-ring (bicyclic) bond motifs is 2. The van der Waals surface area contributed by atoms with Gasteiger partial charge in [0.05, 0.1) is 13.2 Å². The van der Waals surface area contributed by atoms with Crippen molar-refractivity contribution in [1.29, 1.82) is 0 Å². The second kappa shape index (κ2) is 11.1. The maximum absolute atomic E-state index is 14.9. The topological polar surface area (TPSA) is 36.9 Å². The fraction of sp³-hybridized carbons (Fsp3) is 0.517. The highest BCUT2D eigenvalue weighted by molar-refractivity contribution is 5.70. The van der Waals surface area contributed by atoms with Crippen LogP contribution in [0.1, 0.15) is 73.6 Å². The van der Waals surface area contributed by atoms with Crippen molar-refractivity contribution in [2.24, 2.45) is 5.92 Å². The van der Waals surface area contributed by atoms with Crippen molar-refractivity contribution in [3.8, 4) is 0 Å². The Morgan fingerprint density at radius 1 is 0.833 bits per heavy atom. The van der Waals surface area contributed by atoms with Gasteiger partial charge in [-0.1, -0.05) is 19.4 Å². The van der Waals surface area contributed by atoms with Gasteiger partial charge in [0, 0.05) is 11.5 Å². The average Bonchev–Trinajstić information content (AvgIpc) is 3.44. The Hall–Kier alpha value is -2.61. The van der Waals surface area contributed by atoms with Gasteiger partial charge in [-0.2, -0.15) is 8.78 Å². The first-order valence-electron chi connectivity index (χ1n) is 13.5. The van der Waals surface area contributed by atoms with Crippen LogP contribution in [-0.2, 0) is 25.1 Å². The lowest BCUT2D eigenvalue weighted by Crippen LogP contribution is -2.42. The largest absolute Gasteiger partial charge is 0.527 e. The molecule has 1 aliphatic carbocycles. The van der Waals surface area contributed by atoms with Crippen molar-refractivity contribution >= 4 is 12.2 Å². The van der Waals surface area contributed by atoms with Crippen molar-refractivity contribution in [1.82, 2.24) is 0 Å². The summed E-state index contributed by atoms with van der Waals surface area (Å²) in [6, 6.07) is 2.91. The highest BCUT2D eigenvalue weighted by Gasteiger charge is 2.62. The Labute approximate surface area is 235 Å². The second-order valence-electron chi connectivity index (χ2n) is 10.9. The third-order valence-electron chi connectivity index (χ3n) is 7.98. The molecule has 2 aliphatic heterocycles. The minimum absolute atomic E-state index is 0.0287. The molecular formula is C29H27F9O4. The molecule has 13 heteroatoms. The Morgan fingerprint density at radius 3 is 1.93 bits per heavy atom. The van der Waals surface area contributed by atoms with Gasteiger partial charge in [-0.15, -0.1) is 13.2 Å². The van der Waals surface area contributed by atoms with Crippen LogP contribution in [0.3, 0.4) is 0 Å². The molecule has 42 heavy (non-hydrogen) atoms. The molecule has 0 spiro atoms. The summed E-state index contributed by atoms with van der Waals surface area (Å²) in [4.78, 5) is 0. The van der Waals surface area contributed by atoms with Gasteiger partial charge in [-0.3, -0.25) is 0 Å². The molecule has 230 valence electrons. The maximum atomic E-state index is 14.9. The quantitative estimate of drug-likeness (QED) is 0.222. The van der Waals surface area contributed by atoms with Gasteiger partial charge in [-0.25, -0.2) is 22.3 Å². The average molecular weight is 611 g/mol. The van der Waals surface area contributed by atoms with Crippen LogP contribution in [-0.4, -0.2) is 31.2 Å². The number of hydrogen-bond donors (Lipinski definition) is 0. The molecule has 2 bridgehead atoms. The third-order valence-corrected chi connectivity index (χ3v) is 7.98. The lowest BCUT2D eigenvalue weighted by Gasteiger charge is -2.37. The molecular weight excluding hydrogens is 583 g/mol. The van der Waals surface area contributed by atoms with E-state index in [1.807, 2.05) is 0 Å². The van der Waals surface area contributed by atoms with E-state index in [0.717, 1.165) is 37.1 Å². The predicted molar refractivity (Wildman–Crippen MR) is 131 cm³/mol. The van der Waals surface area contributed by atoms with Gasteiger partial charge in [0.15, 0.2) is 0 Å². The van der Waals surface area contributed by atoms with Crippen LogP contribution in [0.25, 0.3) is 12.2 Å². The fourth-order valence-corrected chi connectivity index (χ4v) is 6.06. The Morgan fingerprint density at radius 2 is 1.40 bits per heavy atom. The molecule has 1 saturated carbocycles. The van der Waals surface area contributed by atoms with Gasteiger partial charge in [0.2, 0.25) is 0 Å². The van der Waals surface area contributed by atoms with Crippen LogP contribution in [0.2, 0.25) is 0 Å². The fourth-order valence-electron chi connectivity index (χ4n) is 6.06. The molecule has 2 heterocycles. The summed E-state index contributed by atoms with van der Waals surface area (Å²) in [5.74, 6) is -7.26. The minimum Gasteiger partial charge on any atom is -0.324 e. The van der Waals surface area contributed by atoms with E-state index >= 15 is 0 Å². The van der Waals surface area contributed by atoms with Crippen molar-refractivity contribution < 1.29 is 58.5 Å². The summed E-state index contributed by atoms with van der Waals surface area (Å²) in [5, 5.41) is 0. The number of alkyl halides is 5. The van der Waals surface area contributed by atoms with Crippen molar-refractivity contribution in [2.45, 2.75) is 75.4 Å². The lowest BCUT2D eigenvalue weighted by molar-refractivity contribution is -0.432. The minimum atomic E-state index is -5.87. The highest BCUT2D eigenvalue weighted by atomic mass is 19.4. The summed E-state index contributed by atoms with van der Waals surface area (Å²) in [6.45, 7) is 2.99. The Balaban J connectivity index is 1.26. The standard InChI is InChI=1S/C29H27F9O4/c1-2-9-26-14-39-28(41-26,40-15-26)19-6-4-17(5-7-19)18-12-21(30)20(22(31)13-18)8-3-16-10-23(32)25(24(33)11-16)27(34,35)42-29(36,37)38/h3,8,10-13,17,19H,2,4-7,9,14-15H2,1H3/b8-3+. The van der Waals surface area contributed by atoms with E-state index in [0.29, 0.717) is 56.6 Å². The molecule has 0 radical (unpaired) electrons. The van der Waals surface area contributed by atoms with Crippen LogP contribution in [0.4, 0.5) is 39.5 Å². The Kier molecular flexibility index (Phi) is 8.18. The van der Waals surface area contributed by atoms with Crippen molar-refractivity contribution in [2.75, 3.05) is 13.2 Å². The maximum Gasteiger partial charge on any atom is 0.527 e. The summed E-state index contributed by atoms with van der Waals surface area (Å²) in [6.07, 6.45) is -5.27. The number of benzene rings is 2. The zero-order valence-electron chi connectivity index (χ0n) is 22.3. The molecule has 0 unspecified atom stereocenters. The molecule has 3 fully saturated rings. The first kappa shape index (κ1) is 30.8. The summed E-state index contributed by atoms with van der Waals surface area (Å²) in [7, 11) is 0. The van der Waals surface area contributed by atoms with E-state index in [-0.39, 0.29) is 11.8 Å². The van der Waals surface area contributed by atoms with E-state index in [4.69, 9.17) is 14.2 Å². The van der Waals surface area contributed by atoms with E-state index < -0.39 is 64.0 Å².